The van der Waals surface area contributed by atoms with Crippen molar-refractivity contribution < 1.29 is 0 Å². The lowest BCUT2D eigenvalue weighted by atomic mass is 9.97. The highest BCUT2D eigenvalue weighted by molar-refractivity contribution is 7.12. The fourth-order valence-corrected chi connectivity index (χ4v) is 3.69. The second kappa shape index (κ2) is 6.75. The van der Waals surface area contributed by atoms with E-state index in [9.17, 15) is 0 Å². The maximum Gasteiger partial charge on any atom is 0.0673 e. The molecule has 0 aliphatic carbocycles. The SMILES string of the molecule is CCNC(c1ccc(CC)s1)c1cc(C)c(Cl)cc1C. The molecule has 0 saturated heterocycles. The van der Waals surface area contributed by atoms with E-state index in [1.54, 1.807) is 0 Å². The smallest absolute Gasteiger partial charge is 0.0673 e. The van der Waals surface area contributed by atoms with E-state index in [1.165, 1.54) is 20.9 Å². The Bertz CT molecular complexity index is 589. The molecule has 0 aliphatic rings. The van der Waals surface area contributed by atoms with E-state index in [4.69, 9.17) is 11.6 Å². The molecular weight excluding hydrogens is 286 g/mol. The maximum absolute atomic E-state index is 6.22. The Balaban J connectivity index is 2.45. The van der Waals surface area contributed by atoms with Crippen LogP contribution in [0.5, 0.6) is 0 Å². The minimum absolute atomic E-state index is 0.265. The van der Waals surface area contributed by atoms with E-state index >= 15 is 0 Å². The van der Waals surface area contributed by atoms with E-state index in [0.29, 0.717) is 0 Å². The first kappa shape index (κ1) is 15.6. The molecule has 1 N–H and O–H groups in total. The number of benzene rings is 1. The van der Waals surface area contributed by atoms with Crippen molar-refractivity contribution in [1.82, 2.24) is 5.32 Å². The van der Waals surface area contributed by atoms with E-state index in [1.807, 2.05) is 11.3 Å². The lowest BCUT2D eigenvalue weighted by Crippen LogP contribution is -2.22. The van der Waals surface area contributed by atoms with Gasteiger partial charge in [-0.3, -0.25) is 0 Å². The van der Waals surface area contributed by atoms with Crippen molar-refractivity contribution in [3.8, 4) is 0 Å². The minimum atomic E-state index is 0.265. The van der Waals surface area contributed by atoms with Crippen LogP contribution in [-0.2, 0) is 6.42 Å². The van der Waals surface area contributed by atoms with Crippen molar-refractivity contribution >= 4 is 22.9 Å². The van der Waals surface area contributed by atoms with Gasteiger partial charge in [0, 0.05) is 14.8 Å². The third-order valence-corrected chi connectivity index (χ3v) is 5.28. The average Bonchev–Trinajstić information content (AvgIpc) is 2.89. The second-order valence-corrected chi connectivity index (χ2v) is 6.71. The number of aryl methyl sites for hydroxylation is 3. The average molecular weight is 308 g/mol. The summed E-state index contributed by atoms with van der Waals surface area (Å²) in [5, 5.41) is 4.46. The standard InChI is InChI=1S/C17H22ClNS/c1-5-13-7-8-16(20-13)17(19-6-2)14-9-12(4)15(18)10-11(14)3/h7-10,17,19H,5-6H2,1-4H3. The van der Waals surface area contributed by atoms with Crippen LogP contribution in [0.2, 0.25) is 5.02 Å². The Kier molecular flexibility index (Phi) is 5.25. The van der Waals surface area contributed by atoms with Gasteiger partial charge < -0.3 is 5.32 Å². The summed E-state index contributed by atoms with van der Waals surface area (Å²) in [4.78, 5) is 2.82. The summed E-state index contributed by atoms with van der Waals surface area (Å²) in [7, 11) is 0. The van der Waals surface area contributed by atoms with Crippen LogP contribution in [0.4, 0.5) is 0 Å². The summed E-state index contributed by atoms with van der Waals surface area (Å²) in [6, 6.07) is 9.05. The molecule has 1 nitrogen and oxygen atoms in total. The molecule has 20 heavy (non-hydrogen) atoms. The first-order chi connectivity index (χ1) is 9.56. The quantitative estimate of drug-likeness (QED) is 0.792. The first-order valence-corrected chi connectivity index (χ1v) is 8.34. The Labute approximate surface area is 131 Å². The van der Waals surface area contributed by atoms with Gasteiger partial charge in [-0.05, 0) is 61.7 Å². The van der Waals surface area contributed by atoms with Gasteiger partial charge in [-0.25, -0.2) is 0 Å². The number of nitrogens with one attached hydrogen (secondary N) is 1. The molecule has 0 spiro atoms. The highest BCUT2D eigenvalue weighted by Gasteiger charge is 2.18. The molecule has 0 saturated carbocycles. The zero-order valence-electron chi connectivity index (χ0n) is 12.6. The summed E-state index contributed by atoms with van der Waals surface area (Å²) in [5.41, 5.74) is 3.72. The van der Waals surface area contributed by atoms with Gasteiger partial charge in [0.2, 0.25) is 0 Å². The molecule has 1 atom stereocenters. The summed E-state index contributed by atoms with van der Waals surface area (Å²) in [5.74, 6) is 0. The highest BCUT2D eigenvalue weighted by atomic mass is 35.5. The van der Waals surface area contributed by atoms with Gasteiger partial charge in [0.15, 0.2) is 0 Å². The molecule has 0 amide bonds. The Morgan fingerprint density at radius 3 is 2.50 bits per heavy atom. The van der Waals surface area contributed by atoms with Crippen LogP contribution in [0, 0.1) is 13.8 Å². The van der Waals surface area contributed by atoms with Crippen LogP contribution in [0.25, 0.3) is 0 Å². The predicted molar refractivity (Wildman–Crippen MR) is 90.1 cm³/mol. The lowest BCUT2D eigenvalue weighted by Gasteiger charge is -2.20. The van der Waals surface area contributed by atoms with Crippen molar-refractivity contribution in [3.05, 3.63) is 55.7 Å². The Hall–Kier alpha value is -0.830. The molecule has 2 rings (SSSR count). The first-order valence-electron chi connectivity index (χ1n) is 7.15. The van der Waals surface area contributed by atoms with Crippen molar-refractivity contribution in [2.75, 3.05) is 6.54 Å². The number of thiophene rings is 1. The van der Waals surface area contributed by atoms with Crippen LogP contribution < -0.4 is 5.32 Å². The molecular formula is C17H22ClNS. The number of halogens is 1. The molecule has 1 unspecified atom stereocenters. The topological polar surface area (TPSA) is 12.0 Å². The molecule has 108 valence electrons. The molecule has 1 aromatic heterocycles. The molecule has 3 heteroatoms. The van der Waals surface area contributed by atoms with Crippen LogP contribution in [-0.4, -0.2) is 6.54 Å². The van der Waals surface area contributed by atoms with Crippen LogP contribution in [0.15, 0.2) is 24.3 Å². The van der Waals surface area contributed by atoms with Crippen LogP contribution in [0.3, 0.4) is 0 Å². The summed E-state index contributed by atoms with van der Waals surface area (Å²) in [6.45, 7) is 9.51. The van der Waals surface area contributed by atoms with Crippen molar-refractivity contribution in [2.24, 2.45) is 0 Å². The minimum Gasteiger partial charge on any atom is -0.306 e. The molecule has 0 fully saturated rings. The van der Waals surface area contributed by atoms with Crippen molar-refractivity contribution in [3.63, 3.8) is 0 Å². The molecule has 1 heterocycles. The largest absolute Gasteiger partial charge is 0.306 e. The Morgan fingerprint density at radius 2 is 1.90 bits per heavy atom. The van der Waals surface area contributed by atoms with Crippen LogP contribution in [0.1, 0.15) is 46.3 Å². The second-order valence-electron chi connectivity index (χ2n) is 5.11. The number of hydrogen-bond acceptors (Lipinski definition) is 2. The summed E-state index contributed by atoms with van der Waals surface area (Å²) in [6.07, 6.45) is 1.10. The third kappa shape index (κ3) is 3.25. The van der Waals surface area contributed by atoms with E-state index in [0.717, 1.165) is 23.6 Å². The fraction of sp³-hybridized carbons (Fsp3) is 0.412. The Morgan fingerprint density at radius 1 is 1.15 bits per heavy atom. The third-order valence-electron chi connectivity index (χ3n) is 3.58. The van der Waals surface area contributed by atoms with Crippen LogP contribution >= 0.6 is 22.9 Å². The predicted octanol–water partition coefficient (Wildman–Crippen LogP) is 5.28. The maximum atomic E-state index is 6.22. The molecule has 2 aromatic rings. The zero-order chi connectivity index (χ0) is 14.7. The van der Waals surface area contributed by atoms with E-state index in [2.05, 4.69) is 57.3 Å². The number of rotatable bonds is 5. The van der Waals surface area contributed by atoms with E-state index < -0.39 is 0 Å². The van der Waals surface area contributed by atoms with Gasteiger partial charge in [-0.15, -0.1) is 11.3 Å². The molecule has 0 aliphatic heterocycles. The van der Waals surface area contributed by atoms with Crippen molar-refractivity contribution in [1.29, 1.82) is 0 Å². The fourth-order valence-electron chi connectivity index (χ4n) is 2.42. The molecule has 0 bridgehead atoms. The monoisotopic (exact) mass is 307 g/mol. The highest BCUT2D eigenvalue weighted by Crippen LogP contribution is 2.32. The van der Waals surface area contributed by atoms with E-state index in [-0.39, 0.29) is 6.04 Å². The zero-order valence-corrected chi connectivity index (χ0v) is 14.2. The van der Waals surface area contributed by atoms with Gasteiger partial charge >= 0.3 is 0 Å². The number of hydrogen-bond donors (Lipinski definition) is 1. The summed E-state index contributed by atoms with van der Waals surface area (Å²) < 4.78 is 0. The van der Waals surface area contributed by atoms with Gasteiger partial charge in [-0.2, -0.15) is 0 Å². The van der Waals surface area contributed by atoms with Gasteiger partial charge in [0.25, 0.3) is 0 Å². The normalized spacial score (nSPS) is 12.7. The van der Waals surface area contributed by atoms with Gasteiger partial charge in [0.05, 0.1) is 6.04 Å². The van der Waals surface area contributed by atoms with Gasteiger partial charge in [-0.1, -0.05) is 31.5 Å². The summed E-state index contributed by atoms with van der Waals surface area (Å²) >= 11 is 8.12. The van der Waals surface area contributed by atoms with Crippen molar-refractivity contribution in [2.45, 2.75) is 40.2 Å². The lowest BCUT2D eigenvalue weighted by molar-refractivity contribution is 0.636. The molecule has 1 aromatic carbocycles. The van der Waals surface area contributed by atoms with Gasteiger partial charge in [0.1, 0.15) is 0 Å². The molecule has 0 radical (unpaired) electrons.